The first-order chi connectivity index (χ1) is 9.81. The first-order valence-corrected chi connectivity index (χ1v) is 8.41. The quantitative estimate of drug-likeness (QED) is 0.884. The van der Waals surface area contributed by atoms with Gasteiger partial charge in [-0.1, -0.05) is 5.10 Å². The minimum absolute atomic E-state index is 0.0171. The van der Waals surface area contributed by atoms with Crippen molar-refractivity contribution in [1.82, 2.24) is 15.5 Å². The number of rotatable bonds is 4. The van der Waals surface area contributed by atoms with Crippen LogP contribution in [0.25, 0.3) is 0 Å². The molecule has 1 unspecified atom stereocenters. The maximum Gasteiger partial charge on any atom is 0.322 e. The standard InChI is InChI=1S/C13H20N4O2S/c18-11(8-9-3-6-20-7-4-9)15-13-17-16-12(19-13)10-2-1-5-14-10/h9-10,14H,1-8H2,(H,15,17,18). The molecule has 0 aromatic carbocycles. The Morgan fingerprint density at radius 3 is 2.95 bits per heavy atom. The van der Waals surface area contributed by atoms with Gasteiger partial charge in [-0.05, 0) is 49.7 Å². The molecule has 1 aromatic heterocycles. The van der Waals surface area contributed by atoms with Crippen LogP contribution in [-0.4, -0.2) is 34.2 Å². The third-order valence-corrected chi connectivity index (χ3v) is 4.91. The van der Waals surface area contributed by atoms with Crippen molar-refractivity contribution in [3.8, 4) is 0 Å². The maximum atomic E-state index is 11.9. The van der Waals surface area contributed by atoms with Crippen LogP contribution in [0.5, 0.6) is 0 Å². The van der Waals surface area contributed by atoms with Gasteiger partial charge in [-0.25, -0.2) is 0 Å². The number of carbonyl (C=O) groups is 1. The summed E-state index contributed by atoms with van der Waals surface area (Å²) in [5, 5.41) is 13.9. The first-order valence-electron chi connectivity index (χ1n) is 7.25. The van der Waals surface area contributed by atoms with Crippen LogP contribution in [0.2, 0.25) is 0 Å². The lowest BCUT2D eigenvalue weighted by atomic mass is 9.99. The summed E-state index contributed by atoms with van der Waals surface area (Å²) in [6, 6.07) is 0.368. The van der Waals surface area contributed by atoms with Crippen LogP contribution in [0.3, 0.4) is 0 Å². The highest BCUT2D eigenvalue weighted by atomic mass is 32.2. The van der Waals surface area contributed by atoms with Crippen molar-refractivity contribution >= 4 is 23.7 Å². The van der Waals surface area contributed by atoms with Gasteiger partial charge in [-0.15, -0.1) is 5.10 Å². The minimum Gasteiger partial charge on any atom is -0.406 e. The Hall–Kier alpha value is -1.08. The normalized spacial score (nSPS) is 23.9. The molecule has 1 amide bonds. The highest BCUT2D eigenvalue weighted by molar-refractivity contribution is 7.99. The molecule has 7 heteroatoms. The van der Waals surface area contributed by atoms with Crippen LogP contribution in [0.4, 0.5) is 6.01 Å². The zero-order valence-electron chi connectivity index (χ0n) is 11.4. The topological polar surface area (TPSA) is 80.0 Å². The van der Waals surface area contributed by atoms with Crippen molar-refractivity contribution in [3.05, 3.63) is 5.89 Å². The number of nitrogens with zero attached hydrogens (tertiary/aromatic N) is 2. The van der Waals surface area contributed by atoms with Crippen molar-refractivity contribution in [1.29, 1.82) is 0 Å². The smallest absolute Gasteiger partial charge is 0.322 e. The lowest BCUT2D eigenvalue weighted by Gasteiger charge is -2.20. The van der Waals surface area contributed by atoms with E-state index in [4.69, 9.17) is 4.42 Å². The Kier molecular flexibility index (Phi) is 4.57. The largest absolute Gasteiger partial charge is 0.406 e. The summed E-state index contributed by atoms with van der Waals surface area (Å²) in [7, 11) is 0. The molecule has 0 spiro atoms. The van der Waals surface area contributed by atoms with Gasteiger partial charge in [0, 0.05) is 6.42 Å². The molecule has 3 rings (SSSR count). The van der Waals surface area contributed by atoms with Crippen LogP contribution in [0.1, 0.15) is 44.0 Å². The fourth-order valence-electron chi connectivity index (χ4n) is 2.70. The monoisotopic (exact) mass is 296 g/mol. The molecule has 2 N–H and O–H groups in total. The van der Waals surface area contributed by atoms with E-state index in [1.54, 1.807) is 0 Å². The highest BCUT2D eigenvalue weighted by Crippen LogP contribution is 2.26. The fraction of sp³-hybridized carbons (Fsp3) is 0.769. The number of amides is 1. The van der Waals surface area contributed by atoms with Crippen LogP contribution in [0.15, 0.2) is 4.42 Å². The molecule has 0 aliphatic carbocycles. The molecule has 0 radical (unpaired) electrons. The van der Waals surface area contributed by atoms with E-state index in [0.717, 1.165) is 43.7 Å². The minimum atomic E-state index is -0.0171. The first kappa shape index (κ1) is 13.9. The second-order valence-corrected chi connectivity index (χ2v) is 6.63. The molecule has 110 valence electrons. The molecule has 1 aromatic rings. The van der Waals surface area contributed by atoms with Gasteiger partial charge in [0.15, 0.2) is 0 Å². The van der Waals surface area contributed by atoms with E-state index in [9.17, 15) is 4.79 Å². The predicted octanol–water partition coefficient (Wildman–Crippen LogP) is 1.97. The number of anilines is 1. The third-order valence-electron chi connectivity index (χ3n) is 3.86. The van der Waals surface area contributed by atoms with Gasteiger partial charge in [-0.3, -0.25) is 10.1 Å². The molecule has 0 saturated carbocycles. The number of thioether (sulfide) groups is 1. The average molecular weight is 296 g/mol. The Morgan fingerprint density at radius 2 is 2.20 bits per heavy atom. The molecule has 1 atom stereocenters. The van der Waals surface area contributed by atoms with Crippen molar-refractivity contribution in [2.24, 2.45) is 5.92 Å². The SMILES string of the molecule is O=C(CC1CCSCC1)Nc1nnc(C2CCCN2)o1. The van der Waals surface area contributed by atoms with Gasteiger partial charge in [0.05, 0.1) is 6.04 Å². The summed E-state index contributed by atoms with van der Waals surface area (Å²) in [6.07, 6.45) is 4.93. The van der Waals surface area contributed by atoms with Gasteiger partial charge in [-0.2, -0.15) is 11.8 Å². The molecule has 0 bridgehead atoms. The highest BCUT2D eigenvalue weighted by Gasteiger charge is 2.23. The lowest BCUT2D eigenvalue weighted by molar-refractivity contribution is -0.117. The Bertz CT molecular complexity index is 453. The number of carbonyl (C=O) groups excluding carboxylic acids is 1. The zero-order chi connectivity index (χ0) is 13.8. The molecule has 2 aliphatic heterocycles. The second kappa shape index (κ2) is 6.58. The average Bonchev–Trinajstić information content (AvgIpc) is 3.10. The molecule has 2 saturated heterocycles. The molecule has 6 nitrogen and oxygen atoms in total. The van der Waals surface area contributed by atoms with Crippen LogP contribution < -0.4 is 10.6 Å². The van der Waals surface area contributed by atoms with E-state index < -0.39 is 0 Å². The van der Waals surface area contributed by atoms with Gasteiger partial charge >= 0.3 is 6.01 Å². The Balaban J connectivity index is 1.50. The van der Waals surface area contributed by atoms with E-state index >= 15 is 0 Å². The van der Waals surface area contributed by atoms with Crippen molar-refractivity contribution < 1.29 is 9.21 Å². The number of aromatic nitrogens is 2. The van der Waals surface area contributed by atoms with Gasteiger partial charge < -0.3 is 9.73 Å². The zero-order valence-corrected chi connectivity index (χ0v) is 12.2. The summed E-state index contributed by atoms with van der Waals surface area (Å²) >= 11 is 1.97. The van der Waals surface area contributed by atoms with E-state index in [2.05, 4.69) is 20.8 Å². The Labute approximate surface area is 122 Å². The molecule has 3 heterocycles. The van der Waals surface area contributed by atoms with Gasteiger partial charge in [0.1, 0.15) is 0 Å². The molecule has 2 fully saturated rings. The molecular weight excluding hydrogens is 276 g/mol. The summed E-state index contributed by atoms with van der Waals surface area (Å²) in [6.45, 7) is 0.981. The summed E-state index contributed by atoms with van der Waals surface area (Å²) in [5.74, 6) is 3.38. The molecular formula is C13H20N4O2S. The maximum absolute atomic E-state index is 11.9. The second-order valence-electron chi connectivity index (χ2n) is 5.40. The predicted molar refractivity (Wildman–Crippen MR) is 77.6 cm³/mol. The number of hydrogen-bond donors (Lipinski definition) is 2. The van der Waals surface area contributed by atoms with Crippen molar-refractivity contribution in [3.63, 3.8) is 0 Å². The van der Waals surface area contributed by atoms with Crippen LogP contribution in [0, 0.1) is 5.92 Å². The molecule has 20 heavy (non-hydrogen) atoms. The van der Waals surface area contributed by atoms with Crippen LogP contribution >= 0.6 is 11.8 Å². The van der Waals surface area contributed by atoms with Crippen LogP contribution in [-0.2, 0) is 4.79 Å². The van der Waals surface area contributed by atoms with E-state index in [1.165, 1.54) is 0 Å². The summed E-state index contributed by atoms with van der Waals surface area (Å²) < 4.78 is 5.51. The van der Waals surface area contributed by atoms with E-state index in [-0.39, 0.29) is 18.0 Å². The van der Waals surface area contributed by atoms with E-state index in [1.807, 2.05) is 11.8 Å². The number of hydrogen-bond acceptors (Lipinski definition) is 6. The fourth-order valence-corrected chi connectivity index (χ4v) is 3.91. The van der Waals surface area contributed by atoms with Crippen molar-refractivity contribution in [2.75, 3.05) is 23.4 Å². The summed E-state index contributed by atoms with van der Waals surface area (Å²) in [4.78, 5) is 11.9. The Morgan fingerprint density at radius 1 is 1.35 bits per heavy atom. The van der Waals surface area contributed by atoms with Crippen molar-refractivity contribution in [2.45, 2.75) is 38.1 Å². The third kappa shape index (κ3) is 3.52. The summed E-state index contributed by atoms with van der Waals surface area (Å²) in [5.41, 5.74) is 0. The lowest BCUT2D eigenvalue weighted by Crippen LogP contribution is -2.19. The number of nitrogens with one attached hydrogen (secondary N) is 2. The molecule has 2 aliphatic rings. The van der Waals surface area contributed by atoms with E-state index in [0.29, 0.717) is 18.2 Å². The van der Waals surface area contributed by atoms with Gasteiger partial charge in [0.25, 0.3) is 0 Å². The van der Waals surface area contributed by atoms with Gasteiger partial charge in [0.2, 0.25) is 11.8 Å².